The van der Waals surface area contributed by atoms with Gasteiger partial charge in [0, 0.05) is 12.4 Å². The molecule has 1 amide bonds. The van der Waals surface area contributed by atoms with Crippen LogP contribution in [0.15, 0.2) is 18.5 Å². The van der Waals surface area contributed by atoms with E-state index in [0.29, 0.717) is 5.69 Å². The number of aliphatic carboxylic acids is 1. The quantitative estimate of drug-likeness (QED) is 0.486. The zero-order valence-electron chi connectivity index (χ0n) is 6.82. The molecule has 0 aliphatic heterocycles. The maximum Gasteiger partial charge on any atom is 0.396 e. The molecule has 1 rings (SSSR count). The third kappa shape index (κ3) is 2.60. The van der Waals surface area contributed by atoms with Gasteiger partial charge >= 0.3 is 11.9 Å². The van der Waals surface area contributed by atoms with Crippen LogP contribution in [0.5, 0.6) is 0 Å². The molecular formula is C7H6ClN3O3. The first kappa shape index (κ1) is 10.3. The summed E-state index contributed by atoms with van der Waals surface area (Å²) < 4.78 is 0. The molecule has 1 aromatic rings. The largest absolute Gasteiger partial charge is 0.474 e. The molecule has 0 fully saturated rings. The molecule has 0 aromatic carbocycles. The van der Waals surface area contributed by atoms with Crippen molar-refractivity contribution in [3.8, 4) is 0 Å². The van der Waals surface area contributed by atoms with Gasteiger partial charge in [0.1, 0.15) is 0 Å². The molecule has 0 unspecified atom stereocenters. The molecule has 6 nitrogen and oxygen atoms in total. The number of pyridine rings is 1. The number of carbonyl (C=O) groups is 2. The molecule has 7 heteroatoms. The van der Waals surface area contributed by atoms with Gasteiger partial charge in [-0.15, -0.1) is 0 Å². The highest BCUT2D eigenvalue weighted by atomic mass is 35.5. The Balaban J connectivity index is 2.58. The highest BCUT2D eigenvalue weighted by Crippen LogP contribution is 2.17. The SMILES string of the molecule is O=C(O)C(=O)NNc1ccncc1Cl. The fourth-order valence-electron chi connectivity index (χ4n) is 0.654. The zero-order chi connectivity index (χ0) is 10.6. The number of nitrogens with zero attached hydrogens (tertiary/aromatic N) is 1. The molecule has 1 heterocycles. The molecule has 0 bridgehead atoms. The Labute approximate surface area is 83.9 Å². The summed E-state index contributed by atoms with van der Waals surface area (Å²) in [5, 5.41) is 8.51. The van der Waals surface area contributed by atoms with Crippen LogP contribution in [-0.4, -0.2) is 22.0 Å². The van der Waals surface area contributed by atoms with Crippen LogP contribution in [0.3, 0.4) is 0 Å². The van der Waals surface area contributed by atoms with E-state index in [0.717, 1.165) is 0 Å². The summed E-state index contributed by atoms with van der Waals surface area (Å²) in [5.74, 6) is -2.75. The highest BCUT2D eigenvalue weighted by molar-refractivity contribution is 6.33. The summed E-state index contributed by atoms with van der Waals surface area (Å²) in [6.45, 7) is 0. The lowest BCUT2D eigenvalue weighted by Crippen LogP contribution is -2.35. The second-order valence-electron chi connectivity index (χ2n) is 2.24. The number of aromatic nitrogens is 1. The molecule has 0 aliphatic carbocycles. The van der Waals surface area contributed by atoms with E-state index in [4.69, 9.17) is 16.7 Å². The first-order valence-electron chi connectivity index (χ1n) is 3.50. The number of hydrogen-bond donors (Lipinski definition) is 3. The average Bonchev–Trinajstić information content (AvgIpc) is 2.16. The minimum absolute atomic E-state index is 0.276. The minimum Gasteiger partial charge on any atom is -0.474 e. The van der Waals surface area contributed by atoms with Crippen LogP contribution < -0.4 is 10.9 Å². The van der Waals surface area contributed by atoms with Crippen LogP contribution in [0, 0.1) is 0 Å². The minimum atomic E-state index is -1.58. The molecule has 1 aromatic heterocycles. The van der Waals surface area contributed by atoms with Gasteiger partial charge in [0.25, 0.3) is 0 Å². The average molecular weight is 216 g/mol. The third-order valence-electron chi connectivity index (χ3n) is 1.28. The summed E-state index contributed by atoms with van der Waals surface area (Å²) in [7, 11) is 0. The van der Waals surface area contributed by atoms with Gasteiger partial charge in [-0.3, -0.25) is 20.6 Å². The number of carboxylic acid groups (broad SMARTS) is 1. The molecule has 0 radical (unpaired) electrons. The summed E-state index contributed by atoms with van der Waals surface area (Å²) in [5.41, 5.74) is 4.65. The van der Waals surface area contributed by atoms with E-state index in [2.05, 4.69) is 10.4 Å². The molecule has 3 N–H and O–H groups in total. The van der Waals surface area contributed by atoms with E-state index in [-0.39, 0.29) is 5.02 Å². The van der Waals surface area contributed by atoms with E-state index in [1.165, 1.54) is 18.5 Å². The fraction of sp³-hybridized carbons (Fsp3) is 0. The van der Waals surface area contributed by atoms with Crippen molar-refractivity contribution in [3.05, 3.63) is 23.5 Å². The van der Waals surface area contributed by atoms with Crippen LogP contribution in [0.2, 0.25) is 5.02 Å². The maximum atomic E-state index is 10.6. The summed E-state index contributed by atoms with van der Waals surface area (Å²) in [4.78, 5) is 24.4. The Morgan fingerprint density at radius 3 is 2.79 bits per heavy atom. The summed E-state index contributed by atoms with van der Waals surface area (Å²) in [6.07, 6.45) is 2.80. The van der Waals surface area contributed by atoms with Gasteiger partial charge in [-0.05, 0) is 6.07 Å². The van der Waals surface area contributed by atoms with Crippen molar-refractivity contribution in [1.82, 2.24) is 10.4 Å². The standard InChI is InChI=1S/C7H6ClN3O3/c8-4-3-9-2-1-5(4)10-11-6(12)7(13)14/h1-3H,(H,9,10)(H,11,12)(H,13,14). The monoisotopic (exact) mass is 215 g/mol. The predicted molar refractivity (Wildman–Crippen MR) is 48.6 cm³/mol. The third-order valence-corrected chi connectivity index (χ3v) is 1.58. The normalized spacial score (nSPS) is 9.21. The maximum absolute atomic E-state index is 10.6. The van der Waals surface area contributed by atoms with Gasteiger partial charge in [-0.2, -0.15) is 0 Å². The lowest BCUT2D eigenvalue weighted by atomic mass is 10.4. The topological polar surface area (TPSA) is 91.3 Å². The first-order chi connectivity index (χ1) is 6.61. The van der Waals surface area contributed by atoms with Crippen molar-refractivity contribution in [2.45, 2.75) is 0 Å². The Morgan fingerprint density at radius 1 is 1.50 bits per heavy atom. The number of hydrazine groups is 1. The van der Waals surface area contributed by atoms with Crippen LogP contribution >= 0.6 is 11.6 Å². The van der Waals surface area contributed by atoms with Crippen molar-refractivity contribution in [1.29, 1.82) is 0 Å². The van der Waals surface area contributed by atoms with Crippen LogP contribution in [0.25, 0.3) is 0 Å². The first-order valence-corrected chi connectivity index (χ1v) is 3.88. The van der Waals surface area contributed by atoms with E-state index >= 15 is 0 Å². The molecule has 0 aliphatic rings. The van der Waals surface area contributed by atoms with E-state index in [1.54, 1.807) is 0 Å². The number of amides is 1. The number of rotatable bonds is 2. The zero-order valence-corrected chi connectivity index (χ0v) is 7.58. The van der Waals surface area contributed by atoms with Crippen molar-refractivity contribution < 1.29 is 14.7 Å². The van der Waals surface area contributed by atoms with Crippen LogP contribution in [0.4, 0.5) is 5.69 Å². The summed E-state index contributed by atoms with van der Waals surface area (Å²) >= 11 is 5.66. The van der Waals surface area contributed by atoms with Gasteiger partial charge in [-0.25, -0.2) is 4.79 Å². The van der Waals surface area contributed by atoms with Gasteiger partial charge in [0.05, 0.1) is 10.7 Å². The van der Waals surface area contributed by atoms with Gasteiger partial charge in [-0.1, -0.05) is 11.6 Å². The van der Waals surface area contributed by atoms with Gasteiger partial charge in [0.15, 0.2) is 0 Å². The number of hydrogen-bond acceptors (Lipinski definition) is 4. The second-order valence-corrected chi connectivity index (χ2v) is 2.65. The molecule has 0 saturated heterocycles. The molecule has 0 spiro atoms. The number of carboxylic acids is 1. The smallest absolute Gasteiger partial charge is 0.396 e. The Morgan fingerprint density at radius 2 is 2.21 bits per heavy atom. The van der Waals surface area contributed by atoms with Crippen LogP contribution in [-0.2, 0) is 9.59 Å². The predicted octanol–water partition coefficient (Wildman–Crippen LogP) is 0.263. The van der Waals surface area contributed by atoms with Crippen molar-refractivity contribution >= 4 is 29.2 Å². The van der Waals surface area contributed by atoms with Crippen molar-refractivity contribution in [2.75, 3.05) is 5.43 Å². The lowest BCUT2D eigenvalue weighted by Gasteiger charge is -2.06. The Kier molecular flexibility index (Phi) is 3.24. The fourth-order valence-corrected chi connectivity index (χ4v) is 0.821. The van der Waals surface area contributed by atoms with E-state index in [1.807, 2.05) is 5.43 Å². The lowest BCUT2D eigenvalue weighted by molar-refractivity contribution is -0.149. The molecular weight excluding hydrogens is 210 g/mol. The number of nitrogens with one attached hydrogen (secondary N) is 2. The summed E-state index contributed by atoms with van der Waals surface area (Å²) in [6, 6.07) is 1.49. The van der Waals surface area contributed by atoms with E-state index < -0.39 is 11.9 Å². The molecule has 74 valence electrons. The van der Waals surface area contributed by atoms with E-state index in [9.17, 15) is 9.59 Å². The second kappa shape index (κ2) is 4.43. The number of halogens is 1. The molecule has 0 saturated carbocycles. The van der Waals surface area contributed by atoms with Gasteiger partial charge in [0.2, 0.25) is 0 Å². The van der Waals surface area contributed by atoms with Crippen molar-refractivity contribution in [3.63, 3.8) is 0 Å². The van der Waals surface area contributed by atoms with Gasteiger partial charge < -0.3 is 5.11 Å². The number of carbonyl (C=O) groups excluding carboxylic acids is 1. The molecule has 0 atom stereocenters. The molecule has 14 heavy (non-hydrogen) atoms. The Bertz CT molecular complexity index is 369. The number of anilines is 1. The Hall–Kier alpha value is -1.82. The highest BCUT2D eigenvalue weighted by Gasteiger charge is 2.10. The van der Waals surface area contributed by atoms with Crippen molar-refractivity contribution in [2.24, 2.45) is 0 Å². The van der Waals surface area contributed by atoms with Crippen LogP contribution in [0.1, 0.15) is 0 Å².